The number of hydrogen-bond acceptors (Lipinski definition) is 5. The second-order valence-corrected chi connectivity index (χ2v) is 13.3. The predicted molar refractivity (Wildman–Crippen MR) is 188 cm³/mol. The zero-order valence-corrected chi connectivity index (χ0v) is 29.3. The fourth-order valence-corrected chi connectivity index (χ4v) is 6.59. The Bertz CT molecular complexity index is 1380. The minimum Gasteiger partial charge on any atom is -0.359 e. The minimum absolute atomic E-state index is 0.145. The highest BCUT2D eigenvalue weighted by atomic mass is 32.2. The van der Waals surface area contributed by atoms with Gasteiger partial charge in [-0.05, 0) is 92.6 Å². The number of carbonyl (C=O) groups is 1. The van der Waals surface area contributed by atoms with Crippen LogP contribution in [0.2, 0.25) is 0 Å². The van der Waals surface area contributed by atoms with Gasteiger partial charge in [-0.1, -0.05) is 108 Å². The Labute approximate surface area is 275 Å². The van der Waals surface area contributed by atoms with Crippen LogP contribution in [-0.4, -0.2) is 22.6 Å². The van der Waals surface area contributed by atoms with Gasteiger partial charge in [-0.15, -0.1) is 0 Å². The summed E-state index contributed by atoms with van der Waals surface area (Å²) in [5.41, 5.74) is 6.51. The third kappa shape index (κ3) is 9.96. The van der Waals surface area contributed by atoms with E-state index >= 15 is 0 Å². The molecule has 1 fully saturated rings. The third-order valence-electron chi connectivity index (χ3n) is 8.89. The van der Waals surface area contributed by atoms with E-state index < -0.39 is 0 Å². The maximum atomic E-state index is 13.8. The molecule has 0 unspecified atom stereocenters. The zero-order chi connectivity index (χ0) is 32.8. The minimum atomic E-state index is -0.271. The van der Waals surface area contributed by atoms with E-state index in [1.165, 1.54) is 16.7 Å². The van der Waals surface area contributed by atoms with E-state index in [-0.39, 0.29) is 18.0 Å². The van der Waals surface area contributed by atoms with Crippen molar-refractivity contribution in [2.75, 3.05) is 11.4 Å². The summed E-state index contributed by atoms with van der Waals surface area (Å²) in [5, 5.41) is 4.14. The van der Waals surface area contributed by atoms with Crippen molar-refractivity contribution in [3.63, 3.8) is 0 Å². The average molecular weight is 636 g/mol. The summed E-state index contributed by atoms with van der Waals surface area (Å²) in [6.07, 6.45) is 11.0. The molecule has 246 valence electrons. The summed E-state index contributed by atoms with van der Waals surface area (Å²) in [6.45, 7) is 17.3. The van der Waals surface area contributed by atoms with Crippen LogP contribution in [0, 0.1) is 19.3 Å². The highest BCUT2D eigenvalue weighted by Gasteiger charge is 2.39. The molecule has 1 aliphatic rings. The number of halogens is 1. The first-order valence-corrected chi connectivity index (χ1v) is 17.6. The van der Waals surface area contributed by atoms with Gasteiger partial charge in [0.2, 0.25) is 5.91 Å². The van der Waals surface area contributed by atoms with E-state index in [4.69, 9.17) is 4.52 Å². The molecule has 0 atom stereocenters. The Balaban J connectivity index is 0.000000838. The number of nitrogens with zero attached hydrogens (tertiary/aromatic N) is 2. The Kier molecular flexibility index (Phi) is 14.7. The van der Waals surface area contributed by atoms with Gasteiger partial charge in [0.25, 0.3) is 0 Å². The van der Waals surface area contributed by atoms with Crippen LogP contribution in [0.4, 0.5) is 10.2 Å². The van der Waals surface area contributed by atoms with Gasteiger partial charge in [-0.3, -0.25) is 9.18 Å². The van der Waals surface area contributed by atoms with Crippen molar-refractivity contribution in [3.05, 3.63) is 77.2 Å². The molecule has 4 rings (SSSR count). The number of anilines is 1. The quantitative estimate of drug-likeness (QED) is 0.133. The molecule has 1 aromatic heterocycles. The first kappa shape index (κ1) is 36.4. The number of rotatable bonds is 15. The number of hydrogen-bond donors (Lipinski definition) is 1. The first-order chi connectivity index (χ1) is 21.7. The second kappa shape index (κ2) is 18.2. The van der Waals surface area contributed by atoms with Crippen molar-refractivity contribution >= 4 is 23.7 Å². The molecule has 0 spiro atoms. The molecule has 0 bridgehead atoms. The van der Waals surface area contributed by atoms with E-state index in [0.717, 1.165) is 104 Å². The van der Waals surface area contributed by atoms with E-state index in [0.29, 0.717) is 6.54 Å². The predicted octanol–water partition coefficient (Wildman–Crippen LogP) is 11.4. The molecule has 0 aliphatic heterocycles. The molecular weight excluding hydrogens is 582 g/mol. The number of nitrogens with one attached hydrogen (secondary N) is 1. The lowest BCUT2D eigenvalue weighted by molar-refractivity contribution is -0.139. The Hall–Kier alpha value is -3.06. The van der Waals surface area contributed by atoms with Crippen LogP contribution < -0.4 is 4.72 Å². The van der Waals surface area contributed by atoms with Gasteiger partial charge in [0.1, 0.15) is 5.76 Å². The molecule has 1 aliphatic carbocycles. The molecule has 1 saturated carbocycles. The number of allylic oxidation sites excluding steroid dienone is 1. The van der Waals surface area contributed by atoms with Gasteiger partial charge >= 0.3 is 0 Å². The number of unbranched alkanes of at least 4 members (excludes halogenated alkanes) is 3. The lowest BCUT2D eigenvalue weighted by Gasteiger charge is -2.33. The van der Waals surface area contributed by atoms with Crippen molar-refractivity contribution in [1.82, 2.24) is 10.1 Å². The van der Waals surface area contributed by atoms with Gasteiger partial charge in [0.15, 0.2) is 5.82 Å². The highest BCUT2D eigenvalue weighted by molar-refractivity contribution is 8.00. The summed E-state index contributed by atoms with van der Waals surface area (Å²) >= 11 is 1.55. The molecule has 5 nitrogen and oxygen atoms in total. The Morgan fingerprint density at radius 1 is 1.04 bits per heavy atom. The van der Waals surface area contributed by atoms with Crippen LogP contribution in [-0.2, 0) is 17.8 Å². The van der Waals surface area contributed by atoms with E-state index in [1.54, 1.807) is 11.9 Å². The largest absolute Gasteiger partial charge is 0.359 e. The van der Waals surface area contributed by atoms with Crippen LogP contribution in [0.25, 0.3) is 11.1 Å². The van der Waals surface area contributed by atoms with Crippen LogP contribution in [0.3, 0.4) is 0 Å². The smallest absolute Gasteiger partial charge is 0.232 e. The van der Waals surface area contributed by atoms with Crippen molar-refractivity contribution in [2.45, 2.75) is 124 Å². The number of carbonyl (C=O) groups excluding carboxylic acids is 1. The van der Waals surface area contributed by atoms with Gasteiger partial charge in [0, 0.05) is 21.6 Å². The van der Waals surface area contributed by atoms with Crippen molar-refractivity contribution in [1.29, 1.82) is 0 Å². The first-order valence-electron chi connectivity index (χ1n) is 16.8. The summed E-state index contributed by atoms with van der Waals surface area (Å²) in [5.74, 6) is 1.82. The number of alkyl halides is 1. The molecule has 0 saturated heterocycles. The van der Waals surface area contributed by atoms with E-state index in [1.807, 2.05) is 18.7 Å². The topological polar surface area (TPSA) is 58.4 Å². The second-order valence-electron chi connectivity index (χ2n) is 12.5. The van der Waals surface area contributed by atoms with Crippen molar-refractivity contribution in [3.8, 4) is 11.1 Å². The zero-order valence-electron chi connectivity index (χ0n) is 28.4. The number of benzene rings is 2. The molecule has 2 aromatic carbocycles. The van der Waals surface area contributed by atoms with Gasteiger partial charge in [-0.25, -0.2) is 0 Å². The van der Waals surface area contributed by atoms with Crippen LogP contribution >= 0.6 is 11.9 Å². The summed E-state index contributed by atoms with van der Waals surface area (Å²) in [7, 11) is 0. The maximum absolute atomic E-state index is 13.8. The molecule has 45 heavy (non-hydrogen) atoms. The number of aromatic nitrogens is 1. The van der Waals surface area contributed by atoms with Gasteiger partial charge < -0.3 is 14.1 Å². The Morgan fingerprint density at radius 2 is 1.76 bits per heavy atom. The van der Waals surface area contributed by atoms with Gasteiger partial charge in [0.05, 0.1) is 13.2 Å². The average Bonchev–Trinajstić information content (AvgIpc) is 3.65. The van der Waals surface area contributed by atoms with Crippen molar-refractivity contribution in [2.24, 2.45) is 5.41 Å². The molecular formula is C38H54FN3O2S. The maximum Gasteiger partial charge on any atom is 0.232 e. The molecule has 1 N–H and O–H groups in total. The highest BCUT2D eigenvalue weighted by Crippen LogP contribution is 2.41. The van der Waals surface area contributed by atoms with E-state index in [2.05, 4.69) is 86.6 Å². The summed E-state index contributed by atoms with van der Waals surface area (Å²) in [6, 6.07) is 15.1. The number of aryl methyl sites for hydroxylation is 2. The molecule has 0 radical (unpaired) electrons. The van der Waals surface area contributed by atoms with Crippen LogP contribution in [0.15, 0.2) is 64.2 Å². The summed E-state index contributed by atoms with van der Waals surface area (Å²) in [4.78, 5) is 16.9. The fourth-order valence-electron chi connectivity index (χ4n) is 5.76. The summed E-state index contributed by atoms with van der Waals surface area (Å²) < 4.78 is 19.9. The van der Waals surface area contributed by atoms with Crippen LogP contribution in [0.5, 0.6) is 0 Å². The molecule has 3 aromatic rings. The lowest BCUT2D eigenvalue weighted by atomic mass is 9.86. The van der Waals surface area contributed by atoms with Gasteiger partial charge in [-0.2, -0.15) is 0 Å². The molecule has 1 amide bonds. The van der Waals surface area contributed by atoms with Crippen LogP contribution in [0.1, 0.15) is 114 Å². The fraction of sp³-hybridized carbons (Fsp3) is 0.526. The standard InChI is InChI=1S/C33H43N3O2S.C5H11F/c1-7-9-14-23(3)36(32(37)33(6)19-12-13-20-33)22-26-17-18-28(27(8-2)21-26)29-15-10-11-16-30(29)39-35-31-24(4)25(5)38-34-31;1-2-3-4-5-6/h10-11,15-18,21H,3,7-9,12-14,19-20,22H2,1-2,4-6H3,(H,34,35);2-5H2,1H3. The lowest BCUT2D eigenvalue weighted by Crippen LogP contribution is -2.40. The van der Waals surface area contributed by atoms with E-state index in [9.17, 15) is 9.18 Å². The Morgan fingerprint density at radius 3 is 2.36 bits per heavy atom. The molecule has 7 heteroatoms. The third-order valence-corrected chi connectivity index (χ3v) is 9.76. The normalized spacial score (nSPS) is 13.7. The monoisotopic (exact) mass is 635 g/mol. The number of amides is 1. The molecule has 1 heterocycles. The van der Waals surface area contributed by atoms with Crippen molar-refractivity contribution < 1.29 is 13.7 Å². The SMILES string of the molecule is C=C(CCCC)N(Cc1ccc(-c2ccccc2SNc2noc(C)c2C)c(CC)c1)C(=O)C1(C)CCCC1.CCCCCF.